The predicted molar refractivity (Wildman–Crippen MR) is 89.4 cm³/mol. The number of imidazole rings is 1. The minimum Gasteiger partial charge on any atom is -0.394 e. The van der Waals surface area contributed by atoms with Gasteiger partial charge in [-0.25, -0.2) is 4.98 Å². The summed E-state index contributed by atoms with van der Waals surface area (Å²) in [6.45, 7) is 4.49. The minimum absolute atomic E-state index is 0.00258. The Balaban J connectivity index is 2.09. The van der Waals surface area contributed by atoms with Gasteiger partial charge < -0.3 is 20.1 Å². The minimum atomic E-state index is -1.35. The van der Waals surface area contributed by atoms with Gasteiger partial charge >= 0.3 is 0 Å². The first-order chi connectivity index (χ1) is 12.2. The molecule has 1 aliphatic rings. The van der Waals surface area contributed by atoms with Gasteiger partial charge in [0.1, 0.15) is 24.1 Å². The van der Waals surface area contributed by atoms with Crippen LogP contribution >= 0.6 is 0 Å². The van der Waals surface area contributed by atoms with Crippen LogP contribution in [0.1, 0.15) is 25.9 Å². The summed E-state index contributed by atoms with van der Waals surface area (Å²) >= 11 is 0. The number of rotatable bonds is 4. The highest BCUT2D eigenvalue weighted by Gasteiger charge is 2.44. The number of amides is 1. The molecule has 3 heterocycles. The molecule has 0 radical (unpaired) electrons. The molecule has 1 fully saturated rings. The molecule has 1 amide bonds. The van der Waals surface area contributed by atoms with Crippen molar-refractivity contribution in [3.8, 4) is 0 Å². The quantitative estimate of drug-likeness (QED) is 0.442. The lowest BCUT2D eigenvalue weighted by Gasteiger charge is -2.18. The van der Waals surface area contributed by atoms with E-state index in [1.807, 2.05) is 0 Å². The van der Waals surface area contributed by atoms with Gasteiger partial charge in [-0.1, -0.05) is 13.8 Å². The van der Waals surface area contributed by atoms with E-state index in [4.69, 9.17) is 4.74 Å². The van der Waals surface area contributed by atoms with Crippen LogP contribution in [0.2, 0.25) is 0 Å². The van der Waals surface area contributed by atoms with E-state index >= 15 is 0 Å². The first-order valence-corrected chi connectivity index (χ1v) is 8.16. The first kappa shape index (κ1) is 18.5. The lowest BCUT2D eigenvalue weighted by Crippen LogP contribution is -2.33. The molecule has 4 atom stereocenters. The molecule has 3 rings (SSSR count). The lowest BCUT2D eigenvalue weighted by molar-refractivity contribution is -0.118. The smallest absolute Gasteiger partial charge is 0.280 e. The highest BCUT2D eigenvalue weighted by molar-refractivity contribution is 5.91. The molecule has 11 heteroatoms. The largest absolute Gasteiger partial charge is 0.394 e. The second-order valence-electron chi connectivity index (χ2n) is 6.49. The maximum atomic E-state index is 12.3. The van der Waals surface area contributed by atoms with Crippen molar-refractivity contribution in [2.24, 2.45) is 5.92 Å². The fourth-order valence-corrected chi connectivity index (χ4v) is 2.81. The number of hydrogen-bond donors (Lipinski definition) is 5. The number of hydrogen-bond acceptors (Lipinski definition) is 8. The van der Waals surface area contributed by atoms with Gasteiger partial charge in [-0.05, 0) is 6.92 Å². The van der Waals surface area contributed by atoms with Crippen LogP contribution < -0.4 is 10.9 Å². The van der Waals surface area contributed by atoms with Gasteiger partial charge in [-0.2, -0.15) is 4.98 Å². The van der Waals surface area contributed by atoms with Crippen LogP contribution in [-0.2, 0) is 9.53 Å². The summed E-state index contributed by atoms with van der Waals surface area (Å²) in [5, 5.41) is 32.0. The molecule has 142 valence electrons. The third-order valence-corrected chi connectivity index (χ3v) is 4.26. The molecule has 0 bridgehead atoms. The molecule has 0 aliphatic carbocycles. The van der Waals surface area contributed by atoms with E-state index in [2.05, 4.69) is 20.3 Å². The number of aryl methyl sites for hydroxylation is 1. The number of aromatic nitrogens is 4. The number of H-pyrrole nitrogens is 1. The molecular weight excluding hydrogens is 346 g/mol. The highest BCUT2D eigenvalue weighted by atomic mass is 16.6. The maximum absolute atomic E-state index is 12.3. The molecule has 2 aromatic heterocycles. The molecule has 5 N–H and O–H groups in total. The van der Waals surface area contributed by atoms with E-state index in [9.17, 15) is 24.9 Å². The maximum Gasteiger partial charge on any atom is 0.280 e. The zero-order valence-corrected chi connectivity index (χ0v) is 14.5. The van der Waals surface area contributed by atoms with Crippen LogP contribution in [0.5, 0.6) is 0 Å². The van der Waals surface area contributed by atoms with Crippen molar-refractivity contribution in [1.82, 2.24) is 19.5 Å². The number of anilines is 1. The van der Waals surface area contributed by atoms with Crippen LogP contribution in [0.25, 0.3) is 11.2 Å². The van der Waals surface area contributed by atoms with Crippen LogP contribution in [0, 0.1) is 12.8 Å². The second-order valence-corrected chi connectivity index (χ2v) is 6.49. The summed E-state index contributed by atoms with van der Waals surface area (Å²) in [6.07, 6.45) is -4.72. The molecule has 0 aromatic carbocycles. The van der Waals surface area contributed by atoms with E-state index in [1.165, 1.54) is 4.57 Å². The number of aliphatic hydroxyl groups is 3. The average Bonchev–Trinajstić information content (AvgIpc) is 3.05. The fourth-order valence-electron chi connectivity index (χ4n) is 2.81. The summed E-state index contributed by atoms with van der Waals surface area (Å²) in [5.41, 5.74) is -0.481. The SMILES string of the molecule is Cc1nc2c(=O)[nH]c(NC(=O)C(C)C)nc2n1[C@@H]1O[C@H](CO)[C@@H](O)[C@H]1O. The number of aromatic amines is 1. The molecule has 0 spiro atoms. The van der Waals surface area contributed by atoms with Gasteiger partial charge in [0.15, 0.2) is 17.4 Å². The van der Waals surface area contributed by atoms with Crippen molar-refractivity contribution in [3.63, 3.8) is 0 Å². The van der Waals surface area contributed by atoms with Crippen LogP contribution in [-0.4, -0.2) is 65.7 Å². The molecule has 1 aliphatic heterocycles. The standard InChI is InChI=1S/C15H21N5O6/c1-5(2)12(24)18-15-17-11-8(13(25)19-15)16-6(3)20(11)14-10(23)9(22)7(4-21)26-14/h5,7,9-10,14,21-23H,4H2,1-3H3,(H2,17,18,19,24,25)/t7-,9-,10-,14-/m1/s1. The zero-order valence-electron chi connectivity index (χ0n) is 14.5. The lowest BCUT2D eigenvalue weighted by atomic mass is 10.1. The summed E-state index contributed by atoms with van der Waals surface area (Å²) in [4.78, 5) is 34.9. The Morgan fingerprint density at radius 2 is 2.04 bits per heavy atom. The van der Waals surface area contributed by atoms with E-state index < -0.39 is 36.7 Å². The summed E-state index contributed by atoms with van der Waals surface area (Å²) < 4.78 is 6.86. The number of carbonyl (C=O) groups is 1. The Hall–Kier alpha value is -2.34. The normalized spacial score (nSPS) is 26.0. The fraction of sp³-hybridized carbons (Fsp3) is 0.600. The van der Waals surface area contributed by atoms with Crippen molar-refractivity contribution in [3.05, 3.63) is 16.2 Å². The monoisotopic (exact) mass is 367 g/mol. The molecule has 0 saturated carbocycles. The van der Waals surface area contributed by atoms with Crippen molar-refractivity contribution in [2.75, 3.05) is 11.9 Å². The van der Waals surface area contributed by atoms with Gasteiger partial charge in [0.2, 0.25) is 11.9 Å². The Morgan fingerprint density at radius 1 is 1.35 bits per heavy atom. The van der Waals surface area contributed by atoms with Gasteiger partial charge in [-0.3, -0.25) is 24.5 Å². The van der Waals surface area contributed by atoms with Gasteiger partial charge in [0.25, 0.3) is 5.56 Å². The molecule has 26 heavy (non-hydrogen) atoms. The summed E-state index contributed by atoms with van der Waals surface area (Å²) in [7, 11) is 0. The van der Waals surface area contributed by atoms with Crippen molar-refractivity contribution in [2.45, 2.75) is 45.3 Å². The third kappa shape index (κ3) is 2.98. The topological polar surface area (TPSA) is 163 Å². The van der Waals surface area contributed by atoms with Gasteiger partial charge in [-0.15, -0.1) is 0 Å². The number of nitrogens with one attached hydrogen (secondary N) is 2. The number of fused-ring (bicyclic) bond motifs is 1. The molecule has 11 nitrogen and oxygen atoms in total. The van der Waals surface area contributed by atoms with Crippen molar-refractivity contribution in [1.29, 1.82) is 0 Å². The Labute approximate surface area is 147 Å². The Kier molecular flexibility index (Phi) is 4.80. The molecule has 1 saturated heterocycles. The second kappa shape index (κ2) is 6.76. The number of nitrogens with zero attached hydrogens (tertiary/aromatic N) is 3. The summed E-state index contributed by atoms with van der Waals surface area (Å²) in [5.74, 6) is -0.388. The highest BCUT2D eigenvalue weighted by Crippen LogP contribution is 2.32. The van der Waals surface area contributed by atoms with Crippen LogP contribution in [0.4, 0.5) is 5.95 Å². The van der Waals surface area contributed by atoms with E-state index in [0.717, 1.165) is 0 Å². The summed E-state index contributed by atoms with van der Waals surface area (Å²) in [6, 6.07) is 0. The Bertz CT molecular complexity index is 891. The third-order valence-electron chi connectivity index (χ3n) is 4.26. The predicted octanol–water partition coefficient (Wildman–Crippen LogP) is -1.37. The zero-order chi connectivity index (χ0) is 19.2. The van der Waals surface area contributed by atoms with Gasteiger partial charge in [0, 0.05) is 5.92 Å². The number of ether oxygens (including phenoxy) is 1. The van der Waals surface area contributed by atoms with Crippen LogP contribution in [0.15, 0.2) is 4.79 Å². The van der Waals surface area contributed by atoms with E-state index in [-0.39, 0.29) is 28.9 Å². The van der Waals surface area contributed by atoms with Crippen LogP contribution in [0.3, 0.4) is 0 Å². The molecule has 2 aromatic rings. The number of aliphatic hydroxyl groups excluding tert-OH is 3. The van der Waals surface area contributed by atoms with Gasteiger partial charge in [0.05, 0.1) is 6.61 Å². The molecule has 0 unspecified atom stereocenters. The first-order valence-electron chi connectivity index (χ1n) is 8.16. The van der Waals surface area contributed by atoms with E-state index in [1.54, 1.807) is 20.8 Å². The van der Waals surface area contributed by atoms with Crippen molar-refractivity contribution >= 4 is 23.0 Å². The van der Waals surface area contributed by atoms with E-state index in [0.29, 0.717) is 5.82 Å². The Morgan fingerprint density at radius 3 is 2.62 bits per heavy atom. The number of carbonyl (C=O) groups excluding carboxylic acids is 1. The average molecular weight is 367 g/mol. The van der Waals surface area contributed by atoms with Crippen molar-refractivity contribution < 1.29 is 24.9 Å². The molecular formula is C15H21N5O6.